The van der Waals surface area contributed by atoms with Gasteiger partial charge in [-0.15, -0.1) is 11.3 Å². The lowest BCUT2D eigenvalue weighted by atomic mass is 10.00. The Hall–Kier alpha value is -6.56. The van der Waals surface area contributed by atoms with Crippen molar-refractivity contribution in [3.05, 3.63) is 187 Å². The van der Waals surface area contributed by atoms with Gasteiger partial charge in [0.15, 0.2) is 5.84 Å². The van der Waals surface area contributed by atoms with E-state index < -0.39 is 0 Å². The van der Waals surface area contributed by atoms with E-state index in [4.69, 9.17) is 9.98 Å². The number of amidine groups is 2. The molecule has 0 saturated carbocycles. The van der Waals surface area contributed by atoms with Gasteiger partial charge in [0.05, 0.1) is 11.0 Å². The molecule has 1 aliphatic heterocycles. The molecule has 4 nitrogen and oxygen atoms in total. The number of aliphatic imine (C=N–C) groups is 2. The minimum atomic E-state index is -0.293. The molecule has 0 fully saturated rings. The van der Waals surface area contributed by atoms with Gasteiger partial charge in [0.25, 0.3) is 0 Å². The number of fused-ring (bicyclic) bond motifs is 10. The van der Waals surface area contributed by atoms with E-state index in [-0.39, 0.29) is 6.17 Å². The Morgan fingerprint density at radius 2 is 1.12 bits per heavy atom. The second kappa shape index (κ2) is 11.5. The van der Waals surface area contributed by atoms with Crippen molar-refractivity contribution in [1.82, 2.24) is 9.88 Å². The molecule has 0 spiro atoms. The third kappa shape index (κ3) is 4.46. The topological polar surface area (TPSA) is 41.7 Å². The molecular weight excluding hydrogens is 653 g/mol. The van der Waals surface area contributed by atoms with Crippen molar-refractivity contribution >= 4 is 86.5 Å². The predicted octanol–water partition coefficient (Wildman–Crippen LogP) is 12.0. The van der Waals surface area contributed by atoms with Gasteiger partial charge in [-0.2, -0.15) is 0 Å². The van der Waals surface area contributed by atoms with E-state index in [1.54, 1.807) is 0 Å². The molecule has 1 N–H and O–H groups in total. The molecular formula is C47H30N4S. The average Bonchev–Trinajstić information content (AvgIpc) is 3.78. The van der Waals surface area contributed by atoms with Gasteiger partial charge >= 0.3 is 0 Å². The maximum atomic E-state index is 5.22. The standard InChI is InChI=1S/C47H30N4S/c1-2-13-31(14-3-1)45-48-46(50-47(49-45)38-19-10-18-37-36-17-8-9-20-41(36)52-44(37)38)32-21-25-33(26-22-32)51-39-27-23-29-11-4-6-15-34(29)42(39)43-35-16-7-5-12-30(35)24-28-40(43)51/h1-28,47H,(H,48,49,50). The highest BCUT2D eigenvalue weighted by Gasteiger charge is 2.24. The summed E-state index contributed by atoms with van der Waals surface area (Å²) < 4.78 is 4.94. The summed E-state index contributed by atoms with van der Waals surface area (Å²) in [5, 5.41) is 13.9. The first-order chi connectivity index (χ1) is 25.8. The molecule has 5 heteroatoms. The van der Waals surface area contributed by atoms with Gasteiger partial charge in [-0.05, 0) is 64.0 Å². The van der Waals surface area contributed by atoms with Gasteiger partial charge in [0.1, 0.15) is 12.0 Å². The van der Waals surface area contributed by atoms with Crippen LogP contribution in [0.1, 0.15) is 22.9 Å². The number of thiophene rings is 1. The third-order valence-electron chi connectivity index (χ3n) is 10.4. The first-order valence-electron chi connectivity index (χ1n) is 17.6. The van der Waals surface area contributed by atoms with Crippen LogP contribution >= 0.6 is 11.3 Å². The SMILES string of the molecule is c1ccc(C2=NC(c3cccc4c3sc3ccccc34)NC(c3ccc(-n4c5ccc6ccccc6c5c5c6ccccc6ccc54)cc3)=N2)cc1. The summed E-state index contributed by atoms with van der Waals surface area (Å²) in [5.41, 5.74) is 6.66. The Kier molecular flexibility index (Phi) is 6.45. The van der Waals surface area contributed by atoms with Gasteiger partial charge in [0, 0.05) is 53.3 Å². The monoisotopic (exact) mass is 682 g/mol. The average molecular weight is 683 g/mol. The van der Waals surface area contributed by atoms with Crippen LogP contribution in [-0.2, 0) is 0 Å². The fraction of sp³-hybridized carbons (Fsp3) is 0.0213. The highest BCUT2D eigenvalue weighted by Crippen LogP contribution is 2.41. The molecule has 3 heterocycles. The van der Waals surface area contributed by atoms with Crippen LogP contribution < -0.4 is 5.32 Å². The smallest absolute Gasteiger partial charge is 0.159 e. The number of nitrogens with zero attached hydrogens (tertiary/aromatic N) is 3. The van der Waals surface area contributed by atoms with Crippen LogP contribution in [0.2, 0.25) is 0 Å². The Balaban J connectivity index is 1.06. The fourth-order valence-electron chi connectivity index (χ4n) is 8.05. The highest BCUT2D eigenvalue weighted by molar-refractivity contribution is 7.26. The van der Waals surface area contributed by atoms with Crippen LogP contribution in [0.15, 0.2) is 180 Å². The first kappa shape index (κ1) is 29.2. The lowest BCUT2D eigenvalue weighted by Gasteiger charge is -2.24. The van der Waals surface area contributed by atoms with Gasteiger partial charge < -0.3 is 9.88 Å². The van der Waals surface area contributed by atoms with Crippen LogP contribution in [0.3, 0.4) is 0 Å². The largest absolute Gasteiger partial charge is 0.344 e. The summed E-state index contributed by atoms with van der Waals surface area (Å²) in [5.74, 6) is 1.53. The lowest BCUT2D eigenvalue weighted by Crippen LogP contribution is -2.33. The zero-order chi connectivity index (χ0) is 34.2. The Labute approximate surface area is 303 Å². The summed E-state index contributed by atoms with van der Waals surface area (Å²) in [7, 11) is 0. The van der Waals surface area contributed by atoms with Gasteiger partial charge in [-0.25, -0.2) is 9.98 Å². The molecule has 244 valence electrons. The quantitative estimate of drug-likeness (QED) is 0.197. The van der Waals surface area contributed by atoms with E-state index in [9.17, 15) is 0 Å². The van der Waals surface area contributed by atoms with E-state index in [2.05, 4.69) is 162 Å². The Morgan fingerprint density at radius 1 is 0.500 bits per heavy atom. The molecule has 1 aliphatic rings. The molecule has 0 aliphatic carbocycles. The fourth-order valence-corrected chi connectivity index (χ4v) is 9.29. The molecule has 10 aromatic rings. The molecule has 1 unspecified atom stereocenters. The van der Waals surface area contributed by atoms with E-state index in [1.165, 1.54) is 63.5 Å². The zero-order valence-electron chi connectivity index (χ0n) is 28.0. The van der Waals surface area contributed by atoms with Crippen molar-refractivity contribution in [2.75, 3.05) is 0 Å². The number of hydrogen-bond donors (Lipinski definition) is 1. The third-order valence-corrected chi connectivity index (χ3v) is 11.7. The van der Waals surface area contributed by atoms with Crippen LogP contribution in [0, 0.1) is 0 Å². The van der Waals surface area contributed by atoms with Gasteiger partial charge in [-0.3, -0.25) is 0 Å². The molecule has 0 saturated heterocycles. The summed E-state index contributed by atoms with van der Waals surface area (Å²) in [6.45, 7) is 0. The van der Waals surface area contributed by atoms with Crippen molar-refractivity contribution in [3.63, 3.8) is 0 Å². The maximum absolute atomic E-state index is 5.22. The molecule has 11 rings (SSSR count). The van der Waals surface area contributed by atoms with Crippen LogP contribution in [0.4, 0.5) is 0 Å². The molecule has 2 aromatic heterocycles. The number of nitrogens with one attached hydrogen (secondary N) is 1. The zero-order valence-corrected chi connectivity index (χ0v) is 28.8. The van der Waals surface area contributed by atoms with Gasteiger partial charge in [-0.1, -0.05) is 127 Å². The summed E-state index contributed by atoms with van der Waals surface area (Å²) in [6, 6.07) is 60.8. The molecule has 0 amide bonds. The van der Waals surface area contributed by atoms with E-state index in [0.29, 0.717) is 0 Å². The number of hydrogen-bond acceptors (Lipinski definition) is 4. The maximum Gasteiger partial charge on any atom is 0.159 e. The van der Waals surface area contributed by atoms with Crippen molar-refractivity contribution < 1.29 is 0 Å². The van der Waals surface area contributed by atoms with E-state index >= 15 is 0 Å². The normalized spacial score (nSPS) is 14.7. The second-order valence-electron chi connectivity index (χ2n) is 13.4. The molecule has 0 radical (unpaired) electrons. The predicted molar refractivity (Wildman–Crippen MR) is 221 cm³/mol. The van der Waals surface area contributed by atoms with Crippen molar-refractivity contribution in [2.24, 2.45) is 9.98 Å². The molecule has 52 heavy (non-hydrogen) atoms. The van der Waals surface area contributed by atoms with Crippen molar-refractivity contribution in [3.8, 4) is 5.69 Å². The van der Waals surface area contributed by atoms with Gasteiger partial charge in [0.2, 0.25) is 0 Å². The number of rotatable bonds is 4. The summed E-state index contributed by atoms with van der Waals surface area (Å²) >= 11 is 1.83. The minimum absolute atomic E-state index is 0.293. The second-order valence-corrected chi connectivity index (χ2v) is 14.4. The van der Waals surface area contributed by atoms with E-state index in [1.807, 2.05) is 29.5 Å². The number of aromatic nitrogens is 1. The molecule has 1 atom stereocenters. The molecule has 8 aromatic carbocycles. The first-order valence-corrected chi connectivity index (χ1v) is 18.4. The summed E-state index contributed by atoms with van der Waals surface area (Å²) in [6.07, 6.45) is -0.293. The molecule has 0 bridgehead atoms. The van der Waals surface area contributed by atoms with E-state index in [0.717, 1.165) is 34.0 Å². The highest BCUT2D eigenvalue weighted by atomic mass is 32.1. The Morgan fingerprint density at radius 3 is 1.83 bits per heavy atom. The summed E-state index contributed by atoms with van der Waals surface area (Å²) in [4.78, 5) is 10.3. The van der Waals surface area contributed by atoms with Crippen molar-refractivity contribution in [2.45, 2.75) is 6.17 Å². The lowest BCUT2D eigenvalue weighted by molar-refractivity contribution is 0.680. The number of benzene rings is 8. The van der Waals surface area contributed by atoms with Crippen LogP contribution in [0.5, 0.6) is 0 Å². The van der Waals surface area contributed by atoms with Crippen molar-refractivity contribution in [1.29, 1.82) is 0 Å². The van der Waals surface area contributed by atoms with Crippen LogP contribution in [0.25, 0.3) is 69.2 Å². The Bertz CT molecular complexity index is 3000. The minimum Gasteiger partial charge on any atom is -0.344 e. The van der Waals surface area contributed by atoms with Crippen LogP contribution in [-0.4, -0.2) is 16.2 Å².